The Bertz CT molecular complexity index is 577. The fraction of sp³-hybridized carbons (Fsp3) is 0.737. The van der Waals surface area contributed by atoms with Gasteiger partial charge in [-0.3, -0.25) is 0 Å². The largest absolute Gasteiger partial charge is 0.492 e. The third kappa shape index (κ3) is 4.90. The van der Waals surface area contributed by atoms with Gasteiger partial charge in [0.1, 0.15) is 5.76 Å². The number of ether oxygens (including phenoxy) is 2. The molecule has 0 amide bonds. The molecule has 26 heavy (non-hydrogen) atoms. The molecule has 0 radical (unpaired) electrons. The van der Waals surface area contributed by atoms with Gasteiger partial charge in [0.05, 0.1) is 6.61 Å². The summed E-state index contributed by atoms with van der Waals surface area (Å²) in [5.74, 6) is -1.64. The first kappa shape index (κ1) is 22.7. The lowest BCUT2D eigenvalue weighted by Crippen LogP contribution is -2.61. The van der Waals surface area contributed by atoms with E-state index in [0.29, 0.717) is 18.9 Å². The molecule has 0 aromatic rings. The molecule has 6 nitrogen and oxygen atoms in total. The average molecular weight is 386 g/mol. The van der Waals surface area contributed by atoms with Gasteiger partial charge in [-0.05, 0) is 51.9 Å². The van der Waals surface area contributed by atoms with Gasteiger partial charge in [-0.25, -0.2) is 4.79 Å². The highest BCUT2D eigenvalue weighted by molar-refractivity contribution is 6.74. The summed E-state index contributed by atoms with van der Waals surface area (Å²) in [4.78, 5) is 13.6. The summed E-state index contributed by atoms with van der Waals surface area (Å²) in [6.07, 6.45) is 5.39. The second-order valence-electron chi connectivity index (χ2n) is 8.49. The minimum Gasteiger partial charge on any atom is -0.492 e. The molecule has 0 saturated carbocycles. The Morgan fingerprint density at radius 2 is 1.81 bits per heavy atom. The van der Waals surface area contributed by atoms with Crippen molar-refractivity contribution in [3.05, 3.63) is 24.1 Å². The van der Waals surface area contributed by atoms with Gasteiger partial charge in [-0.1, -0.05) is 20.8 Å². The predicted molar refractivity (Wildman–Crippen MR) is 105 cm³/mol. The molecule has 1 heterocycles. The first-order chi connectivity index (χ1) is 11.7. The minimum absolute atomic E-state index is 0.0616. The van der Waals surface area contributed by atoms with Gasteiger partial charge < -0.3 is 23.9 Å². The number of likely N-dealkylation sites (N-methyl/N-ethyl adjacent to an activating group) is 1. The molecule has 0 saturated heterocycles. The number of carboxylic acids is 1. The van der Waals surface area contributed by atoms with Crippen LogP contribution in [0, 0.1) is 0 Å². The van der Waals surface area contributed by atoms with Crippen LogP contribution in [0.2, 0.25) is 18.1 Å². The molecule has 0 aromatic heterocycles. The fourth-order valence-corrected chi connectivity index (χ4v) is 3.53. The van der Waals surface area contributed by atoms with E-state index in [2.05, 4.69) is 33.9 Å². The molecule has 1 aliphatic heterocycles. The van der Waals surface area contributed by atoms with Crippen LogP contribution in [0.25, 0.3) is 0 Å². The van der Waals surface area contributed by atoms with Crippen LogP contribution in [0.1, 0.15) is 48.5 Å². The SMILES string of the molecule is CCOC1=CN(CC)C(OC(C)(C)C(=O)O)(O[Si](C)(C)C(C)(C)C)C=C1. The van der Waals surface area contributed by atoms with E-state index in [-0.39, 0.29) is 5.04 Å². The number of allylic oxidation sites excluding steroid dienone is 1. The Balaban J connectivity index is 3.40. The zero-order valence-electron chi connectivity index (χ0n) is 17.7. The van der Waals surface area contributed by atoms with Crippen molar-refractivity contribution in [3.63, 3.8) is 0 Å². The third-order valence-electron chi connectivity index (χ3n) is 4.92. The monoisotopic (exact) mass is 385 g/mol. The molecule has 150 valence electrons. The zero-order valence-corrected chi connectivity index (χ0v) is 18.7. The van der Waals surface area contributed by atoms with E-state index in [9.17, 15) is 9.90 Å². The molecular weight excluding hydrogens is 350 g/mol. The summed E-state index contributed by atoms with van der Waals surface area (Å²) < 4.78 is 18.4. The predicted octanol–water partition coefficient (Wildman–Crippen LogP) is 4.31. The standard InChI is InChI=1S/C19H35NO5Si/c1-10-20-14-15(23-11-2)12-13-19(20,24-18(6,7)16(21)22)25-26(8,9)17(3,4)5/h12-14H,10-11H2,1-9H3,(H,21,22). The van der Waals surface area contributed by atoms with Crippen molar-refractivity contribution in [2.24, 2.45) is 0 Å². The molecule has 0 aromatic carbocycles. The van der Waals surface area contributed by atoms with Crippen LogP contribution >= 0.6 is 0 Å². The van der Waals surface area contributed by atoms with Crippen LogP contribution in [0.4, 0.5) is 0 Å². The maximum Gasteiger partial charge on any atom is 0.335 e. The number of hydrogen-bond acceptors (Lipinski definition) is 5. The molecule has 1 N–H and O–H groups in total. The molecule has 0 bridgehead atoms. The lowest BCUT2D eigenvalue weighted by molar-refractivity contribution is -0.280. The summed E-state index contributed by atoms with van der Waals surface area (Å²) in [7, 11) is -2.28. The van der Waals surface area contributed by atoms with Gasteiger partial charge in [0.2, 0.25) is 0 Å². The topological polar surface area (TPSA) is 68.2 Å². The number of aliphatic carboxylic acids is 1. The number of nitrogens with zero attached hydrogens (tertiary/aromatic N) is 1. The summed E-state index contributed by atoms with van der Waals surface area (Å²) in [6, 6.07) is 0. The first-order valence-corrected chi connectivity index (χ1v) is 12.1. The van der Waals surface area contributed by atoms with Crippen LogP contribution in [-0.2, 0) is 18.7 Å². The highest BCUT2D eigenvalue weighted by Gasteiger charge is 2.51. The molecule has 1 atom stereocenters. The van der Waals surface area contributed by atoms with Crippen LogP contribution in [0.15, 0.2) is 24.1 Å². The van der Waals surface area contributed by atoms with Gasteiger partial charge in [0.25, 0.3) is 5.91 Å². The summed E-state index contributed by atoms with van der Waals surface area (Å²) >= 11 is 0. The fourth-order valence-electron chi connectivity index (χ4n) is 2.27. The zero-order chi connectivity index (χ0) is 20.4. The van der Waals surface area contributed by atoms with Crippen molar-refractivity contribution in [1.82, 2.24) is 4.90 Å². The first-order valence-electron chi connectivity index (χ1n) is 9.15. The van der Waals surface area contributed by atoms with Crippen molar-refractivity contribution in [2.45, 2.75) is 78.1 Å². The van der Waals surface area contributed by atoms with Gasteiger partial charge in [-0.2, -0.15) is 0 Å². The molecule has 0 aliphatic carbocycles. The third-order valence-corrected chi connectivity index (χ3v) is 9.33. The molecule has 0 spiro atoms. The van der Waals surface area contributed by atoms with Crippen molar-refractivity contribution < 1.29 is 23.8 Å². The lowest BCUT2D eigenvalue weighted by atomic mass is 10.1. The molecule has 7 heteroatoms. The van der Waals surface area contributed by atoms with E-state index in [1.807, 2.05) is 24.9 Å². The summed E-state index contributed by atoms with van der Waals surface area (Å²) in [6.45, 7) is 18.7. The van der Waals surface area contributed by atoms with Gasteiger partial charge in [0, 0.05) is 18.8 Å². The Hall–Kier alpha value is -1.31. The van der Waals surface area contributed by atoms with Crippen LogP contribution < -0.4 is 0 Å². The molecule has 1 unspecified atom stereocenters. The highest BCUT2D eigenvalue weighted by atomic mass is 28.4. The Labute approximate surface area is 158 Å². The smallest absolute Gasteiger partial charge is 0.335 e. The lowest BCUT2D eigenvalue weighted by Gasteiger charge is -2.50. The molecule has 1 aliphatic rings. The van der Waals surface area contributed by atoms with Crippen LogP contribution in [0.5, 0.6) is 0 Å². The van der Waals surface area contributed by atoms with Gasteiger partial charge in [0.15, 0.2) is 13.9 Å². The molecular formula is C19H35NO5Si. The van der Waals surface area contributed by atoms with Crippen molar-refractivity contribution in [2.75, 3.05) is 13.2 Å². The van der Waals surface area contributed by atoms with E-state index in [1.165, 1.54) is 13.8 Å². The van der Waals surface area contributed by atoms with Gasteiger partial charge in [-0.15, -0.1) is 0 Å². The quantitative estimate of drug-likeness (QED) is 0.496. The second-order valence-corrected chi connectivity index (χ2v) is 13.2. The number of hydrogen-bond donors (Lipinski definition) is 1. The van der Waals surface area contributed by atoms with Crippen molar-refractivity contribution in [1.29, 1.82) is 0 Å². The molecule has 1 rings (SSSR count). The van der Waals surface area contributed by atoms with E-state index < -0.39 is 25.8 Å². The highest BCUT2D eigenvalue weighted by Crippen LogP contribution is 2.43. The Morgan fingerprint density at radius 3 is 2.23 bits per heavy atom. The van der Waals surface area contributed by atoms with Crippen molar-refractivity contribution >= 4 is 14.3 Å². The number of carboxylic acid groups (broad SMARTS) is 1. The van der Waals surface area contributed by atoms with E-state index in [0.717, 1.165) is 0 Å². The minimum atomic E-state index is -2.28. The maximum absolute atomic E-state index is 11.7. The Kier molecular flexibility index (Phi) is 6.77. The summed E-state index contributed by atoms with van der Waals surface area (Å²) in [5.41, 5.74) is -1.42. The van der Waals surface area contributed by atoms with E-state index >= 15 is 0 Å². The van der Waals surface area contributed by atoms with E-state index in [4.69, 9.17) is 13.9 Å². The van der Waals surface area contributed by atoms with Crippen LogP contribution in [0.3, 0.4) is 0 Å². The number of rotatable bonds is 8. The maximum atomic E-state index is 11.7. The van der Waals surface area contributed by atoms with Gasteiger partial charge >= 0.3 is 5.97 Å². The van der Waals surface area contributed by atoms with E-state index in [1.54, 1.807) is 12.2 Å². The number of carbonyl (C=O) groups is 1. The Morgan fingerprint density at radius 1 is 1.23 bits per heavy atom. The summed E-state index contributed by atoms with van der Waals surface area (Å²) in [5, 5.41) is 9.53. The normalized spacial score (nSPS) is 21.6. The average Bonchev–Trinajstić information content (AvgIpc) is 2.47. The second kappa shape index (κ2) is 7.74. The molecule has 0 fully saturated rings. The van der Waals surface area contributed by atoms with Crippen LogP contribution in [-0.4, -0.2) is 49.0 Å². The van der Waals surface area contributed by atoms with Crippen molar-refractivity contribution in [3.8, 4) is 0 Å².